The van der Waals surface area contributed by atoms with Gasteiger partial charge in [0, 0.05) is 11.9 Å². The topological polar surface area (TPSA) is 68.3 Å². The molecule has 0 aliphatic heterocycles. The van der Waals surface area contributed by atoms with Gasteiger partial charge >= 0.3 is 5.97 Å². The van der Waals surface area contributed by atoms with Crippen LogP contribution in [0.3, 0.4) is 0 Å². The number of ether oxygens (including phenoxy) is 1. The molecule has 1 aromatic heterocycles. The molecule has 2 rings (SSSR count). The van der Waals surface area contributed by atoms with Gasteiger partial charge in [0.25, 0.3) is 11.7 Å². The molecule has 0 fully saturated rings. The second kappa shape index (κ2) is 9.12. The number of benzene rings is 1. The van der Waals surface area contributed by atoms with Gasteiger partial charge in [-0.1, -0.05) is 6.92 Å². The van der Waals surface area contributed by atoms with Crippen molar-refractivity contribution in [3.8, 4) is 0 Å². The van der Waals surface area contributed by atoms with Crippen molar-refractivity contribution in [2.45, 2.75) is 24.1 Å². The molecule has 1 amide bonds. The molecule has 0 atom stereocenters. The number of nitrogens with zero attached hydrogens (tertiary/aromatic N) is 1. The molecule has 0 bridgehead atoms. The van der Waals surface area contributed by atoms with Gasteiger partial charge in [-0.2, -0.15) is 8.78 Å². The van der Waals surface area contributed by atoms with E-state index in [9.17, 15) is 18.4 Å². The van der Waals surface area contributed by atoms with Crippen molar-refractivity contribution in [1.29, 1.82) is 0 Å². The number of anilines is 1. The molecular formula is C17H16F2N2O3S. The average molecular weight is 366 g/mol. The number of carbonyl (C=O) groups is 2. The van der Waals surface area contributed by atoms with Crippen LogP contribution < -0.4 is 5.32 Å². The van der Waals surface area contributed by atoms with Gasteiger partial charge in [0.2, 0.25) is 0 Å². The highest BCUT2D eigenvalue weighted by Gasteiger charge is 2.17. The number of esters is 1. The number of carbonyl (C=O) groups excluding carboxylic acids is 2. The van der Waals surface area contributed by atoms with Crippen molar-refractivity contribution in [3.63, 3.8) is 0 Å². The van der Waals surface area contributed by atoms with E-state index in [-0.39, 0.29) is 22.4 Å². The van der Waals surface area contributed by atoms with Gasteiger partial charge in [0.15, 0.2) is 0 Å². The van der Waals surface area contributed by atoms with Crippen LogP contribution in [0, 0.1) is 0 Å². The van der Waals surface area contributed by atoms with Crippen molar-refractivity contribution in [1.82, 2.24) is 4.98 Å². The van der Waals surface area contributed by atoms with E-state index in [0.29, 0.717) is 17.9 Å². The largest absolute Gasteiger partial charge is 0.462 e. The summed E-state index contributed by atoms with van der Waals surface area (Å²) in [5.74, 6) is -3.67. The average Bonchev–Trinajstić information content (AvgIpc) is 2.60. The number of rotatable bonds is 7. The SMILES string of the molecule is CCCOC(=O)c1ccc(NC(=O)c2cccnc2SC(F)F)cc1. The zero-order chi connectivity index (χ0) is 18.2. The number of thioether (sulfide) groups is 1. The van der Waals surface area contributed by atoms with Gasteiger partial charge in [0.05, 0.1) is 17.7 Å². The third-order valence-corrected chi connectivity index (χ3v) is 3.76. The highest BCUT2D eigenvalue weighted by Crippen LogP contribution is 2.26. The number of alkyl halides is 2. The van der Waals surface area contributed by atoms with E-state index in [1.807, 2.05) is 6.92 Å². The van der Waals surface area contributed by atoms with Crippen LogP contribution in [0.4, 0.5) is 14.5 Å². The fourth-order valence-electron chi connectivity index (χ4n) is 1.91. The summed E-state index contributed by atoms with van der Waals surface area (Å²) in [5.41, 5.74) is 0.842. The van der Waals surface area contributed by atoms with E-state index < -0.39 is 17.6 Å². The first-order valence-electron chi connectivity index (χ1n) is 7.49. The van der Waals surface area contributed by atoms with Crippen molar-refractivity contribution < 1.29 is 23.1 Å². The Kier molecular flexibility index (Phi) is 6.88. The number of aromatic nitrogens is 1. The quantitative estimate of drug-likeness (QED) is 0.587. The Balaban J connectivity index is 2.07. The smallest absolute Gasteiger partial charge is 0.338 e. The van der Waals surface area contributed by atoms with E-state index in [4.69, 9.17) is 4.74 Å². The summed E-state index contributed by atoms with van der Waals surface area (Å²) in [5, 5.41) is 2.55. The Morgan fingerprint density at radius 2 is 1.96 bits per heavy atom. The monoisotopic (exact) mass is 366 g/mol. The molecule has 0 aliphatic rings. The highest BCUT2D eigenvalue weighted by atomic mass is 32.2. The Hall–Kier alpha value is -2.48. The van der Waals surface area contributed by atoms with Crippen LogP contribution in [0.5, 0.6) is 0 Å². The molecule has 1 aromatic carbocycles. The highest BCUT2D eigenvalue weighted by molar-refractivity contribution is 7.99. The molecular weight excluding hydrogens is 350 g/mol. The molecule has 2 aromatic rings. The summed E-state index contributed by atoms with van der Waals surface area (Å²) >= 11 is 0.211. The van der Waals surface area contributed by atoms with Crippen LogP contribution in [0.25, 0.3) is 0 Å². The fraction of sp³-hybridized carbons (Fsp3) is 0.235. The molecule has 1 heterocycles. The van der Waals surface area contributed by atoms with E-state index in [2.05, 4.69) is 10.3 Å². The number of hydrogen-bond acceptors (Lipinski definition) is 5. The summed E-state index contributed by atoms with van der Waals surface area (Å²) in [6, 6.07) is 9.03. The van der Waals surface area contributed by atoms with E-state index in [0.717, 1.165) is 6.42 Å². The first-order chi connectivity index (χ1) is 12.0. The van der Waals surface area contributed by atoms with Gasteiger partial charge < -0.3 is 10.1 Å². The normalized spacial score (nSPS) is 10.6. The molecule has 0 radical (unpaired) electrons. The first kappa shape index (κ1) is 18.9. The van der Waals surface area contributed by atoms with Gasteiger partial charge in [-0.3, -0.25) is 4.79 Å². The van der Waals surface area contributed by atoms with E-state index in [1.165, 1.54) is 42.6 Å². The Morgan fingerprint density at radius 1 is 1.24 bits per heavy atom. The number of hydrogen-bond donors (Lipinski definition) is 1. The van der Waals surface area contributed by atoms with Crippen LogP contribution in [0.1, 0.15) is 34.1 Å². The number of pyridine rings is 1. The van der Waals surface area contributed by atoms with E-state index >= 15 is 0 Å². The lowest BCUT2D eigenvalue weighted by Gasteiger charge is -2.09. The second-order valence-electron chi connectivity index (χ2n) is 4.90. The van der Waals surface area contributed by atoms with E-state index in [1.54, 1.807) is 0 Å². The fourth-order valence-corrected chi connectivity index (χ4v) is 2.49. The predicted octanol–water partition coefficient (Wildman–Crippen LogP) is 4.22. The van der Waals surface area contributed by atoms with Crippen LogP contribution >= 0.6 is 11.8 Å². The van der Waals surface area contributed by atoms with Crippen LogP contribution in [-0.2, 0) is 4.74 Å². The second-order valence-corrected chi connectivity index (χ2v) is 5.88. The molecule has 0 saturated carbocycles. The number of nitrogens with one attached hydrogen (secondary N) is 1. The first-order valence-corrected chi connectivity index (χ1v) is 8.37. The maximum atomic E-state index is 12.5. The number of halogens is 2. The molecule has 0 spiro atoms. The molecule has 25 heavy (non-hydrogen) atoms. The van der Waals surface area contributed by atoms with Crippen LogP contribution in [0.2, 0.25) is 0 Å². The summed E-state index contributed by atoms with van der Waals surface area (Å²) < 4.78 is 30.1. The van der Waals surface area contributed by atoms with Crippen molar-refractivity contribution in [2.75, 3.05) is 11.9 Å². The lowest BCUT2D eigenvalue weighted by molar-refractivity contribution is 0.0505. The molecule has 0 unspecified atom stereocenters. The number of amides is 1. The maximum absolute atomic E-state index is 12.5. The molecule has 5 nitrogen and oxygen atoms in total. The minimum Gasteiger partial charge on any atom is -0.462 e. The third kappa shape index (κ3) is 5.53. The Bertz CT molecular complexity index is 739. The van der Waals surface area contributed by atoms with Crippen molar-refractivity contribution in [3.05, 3.63) is 53.7 Å². The van der Waals surface area contributed by atoms with Crippen molar-refractivity contribution in [2.24, 2.45) is 0 Å². The van der Waals surface area contributed by atoms with Crippen LogP contribution in [-0.4, -0.2) is 29.2 Å². The van der Waals surface area contributed by atoms with Crippen molar-refractivity contribution >= 4 is 29.3 Å². The minimum absolute atomic E-state index is 0.0465. The molecule has 8 heteroatoms. The van der Waals surface area contributed by atoms with Gasteiger partial charge in [0.1, 0.15) is 5.03 Å². The minimum atomic E-state index is -2.67. The summed E-state index contributed by atoms with van der Waals surface area (Å²) in [7, 11) is 0. The van der Waals surface area contributed by atoms with Gasteiger partial charge in [-0.15, -0.1) is 0 Å². The standard InChI is InChI=1S/C17H16F2N2O3S/c1-2-10-24-16(23)11-5-7-12(8-6-11)21-14(22)13-4-3-9-20-15(13)25-17(18)19/h3-9,17H,2,10H2,1H3,(H,21,22). The summed E-state index contributed by atoms with van der Waals surface area (Å²) in [6.07, 6.45) is 2.07. The molecule has 132 valence electrons. The maximum Gasteiger partial charge on any atom is 0.338 e. The zero-order valence-corrected chi connectivity index (χ0v) is 14.2. The zero-order valence-electron chi connectivity index (χ0n) is 13.4. The molecule has 0 saturated heterocycles. The molecule has 1 N–H and O–H groups in total. The van der Waals surface area contributed by atoms with Gasteiger partial charge in [-0.05, 0) is 54.6 Å². The van der Waals surface area contributed by atoms with Gasteiger partial charge in [-0.25, -0.2) is 9.78 Å². The lowest BCUT2D eigenvalue weighted by atomic mass is 10.2. The Labute approximate surface area is 147 Å². The summed E-state index contributed by atoms with van der Waals surface area (Å²) in [4.78, 5) is 27.8. The Morgan fingerprint density at radius 3 is 2.60 bits per heavy atom. The third-order valence-electron chi connectivity index (χ3n) is 3.03. The summed E-state index contributed by atoms with van der Waals surface area (Å²) in [6.45, 7) is 2.23. The molecule has 0 aliphatic carbocycles. The lowest BCUT2D eigenvalue weighted by Crippen LogP contribution is -2.14. The predicted molar refractivity (Wildman–Crippen MR) is 91.1 cm³/mol. The van der Waals surface area contributed by atoms with Crippen LogP contribution in [0.15, 0.2) is 47.6 Å².